The minimum absolute atomic E-state index is 0.544. The number of benzene rings is 1. The second-order valence-corrected chi connectivity index (χ2v) is 6.44. The fraction of sp³-hybridized carbons (Fsp3) is 0.450. The zero-order valence-electron chi connectivity index (χ0n) is 16.7. The van der Waals surface area contributed by atoms with Crippen LogP contribution in [0.5, 0.6) is 11.6 Å². The van der Waals surface area contributed by atoms with Gasteiger partial charge in [-0.05, 0) is 50.5 Å². The van der Waals surface area contributed by atoms with Gasteiger partial charge in [0, 0.05) is 39.4 Å². The van der Waals surface area contributed by atoms with Crippen molar-refractivity contribution in [3.8, 4) is 11.6 Å². The van der Waals surface area contributed by atoms with Crippen molar-refractivity contribution in [3.05, 3.63) is 35.5 Å². The highest BCUT2D eigenvalue weighted by atomic mass is 16.5. The number of aliphatic imine (C=N–C) groups is 1. The molecule has 6 nitrogen and oxygen atoms in total. The lowest BCUT2D eigenvalue weighted by Gasteiger charge is -2.17. The summed E-state index contributed by atoms with van der Waals surface area (Å²) in [6, 6.07) is 5.82. The monoisotopic (exact) mass is 355 g/mol. The summed E-state index contributed by atoms with van der Waals surface area (Å²) < 4.78 is 6.02. The number of hydrogen-bond acceptors (Lipinski definition) is 5. The molecule has 2 aromatic rings. The molecule has 26 heavy (non-hydrogen) atoms. The van der Waals surface area contributed by atoms with Gasteiger partial charge in [0.25, 0.3) is 0 Å². The van der Waals surface area contributed by atoms with Gasteiger partial charge in [-0.25, -0.2) is 9.98 Å². The van der Waals surface area contributed by atoms with Gasteiger partial charge in [0.15, 0.2) is 0 Å². The molecule has 140 valence electrons. The molecule has 0 atom stereocenters. The Labute approximate surface area is 156 Å². The predicted molar refractivity (Wildman–Crippen MR) is 108 cm³/mol. The van der Waals surface area contributed by atoms with Crippen molar-refractivity contribution < 1.29 is 4.74 Å². The third kappa shape index (κ3) is 5.18. The fourth-order valence-corrected chi connectivity index (χ4v) is 2.39. The maximum absolute atomic E-state index is 6.02. The van der Waals surface area contributed by atoms with Crippen molar-refractivity contribution in [2.24, 2.45) is 4.99 Å². The van der Waals surface area contributed by atoms with Gasteiger partial charge in [0.05, 0.1) is 12.0 Å². The van der Waals surface area contributed by atoms with Gasteiger partial charge in [-0.15, -0.1) is 0 Å². The van der Waals surface area contributed by atoms with E-state index in [1.165, 1.54) is 0 Å². The van der Waals surface area contributed by atoms with E-state index in [1.54, 1.807) is 12.3 Å². The van der Waals surface area contributed by atoms with Gasteiger partial charge in [0.1, 0.15) is 5.75 Å². The maximum atomic E-state index is 6.02. The van der Waals surface area contributed by atoms with Crippen LogP contribution in [0.1, 0.15) is 31.4 Å². The molecule has 6 heteroatoms. The Morgan fingerprint density at radius 2 is 1.92 bits per heavy atom. The van der Waals surface area contributed by atoms with E-state index in [1.807, 2.05) is 56.2 Å². The van der Waals surface area contributed by atoms with E-state index in [-0.39, 0.29) is 0 Å². The van der Waals surface area contributed by atoms with E-state index < -0.39 is 0 Å². The van der Waals surface area contributed by atoms with Crippen molar-refractivity contribution >= 4 is 18.0 Å². The second kappa shape index (κ2) is 9.17. The lowest BCUT2D eigenvalue weighted by molar-refractivity contribution is 0.457. The Hall–Kier alpha value is -2.63. The molecule has 0 fully saturated rings. The summed E-state index contributed by atoms with van der Waals surface area (Å²) in [5.74, 6) is 2.00. The highest BCUT2D eigenvalue weighted by molar-refractivity contribution is 5.64. The smallest absolute Gasteiger partial charge is 0.228 e. The number of rotatable bonds is 8. The van der Waals surface area contributed by atoms with E-state index in [4.69, 9.17) is 4.74 Å². The Bertz CT molecular complexity index is 760. The van der Waals surface area contributed by atoms with Crippen LogP contribution in [-0.4, -0.2) is 48.4 Å². The second-order valence-electron chi connectivity index (χ2n) is 6.44. The van der Waals surface area contributed by atoms with Gasteiger partial charge in [-0.1, -0.05) is 6.92 Å². The van der Waals surface area contributed by atoms with E-state index in [0.29, 0.717) is 11.8 Å². The van der Waals surface area contributed by atoms with Crippen LogP contribution in [0.15, 0.2) is 29.4 Å². The number of ether oxygens (including phenoxy) is 1. The van der Waals surface area contributed by atoms with Gasteiger partial charge >= 0.3 is 0 Å². The highest BCUT2D eigenvalue weighted by Gasteiger charge is 2.09. The number of aromatic nitrogens is 2. The molecule has 0 radical (unpaired) electrons. The average Bonchev–Trinajstić information content (AvgIpc) is 2.63. The van der Waals surface area contributed by atoms with Crippen molar-refractivity contribution in [2.45, 2.75) is 34.1 Å². The fourth-order valence-electron chi connectivity index (χ4n) is 2.39. The molecule has 0 aliphatic rings. The number of hydrogen-bond donors (Lipinski definition) is 0. The molecule has 1 heterocycles. The maximum Gasteiger partial charge on any atom is 0.228 e. The van der Waals surface area contributed by atoms with Crippen LogP contribution in [0.25, 0.3) is 0 Å². The third-order valence-corrected chi connectivity index (χ3v) is 4.12. The first kappa shape index (κ1) is 19.7. The summed E-state index contributed by atoms with van der Waals surface area (Å²) in [5.41, 5.74) is 3.02. The van der Waals surface area contributed by atoms with Gasteiger partial charge in [-0.2, -0.15) is 4.98 Å². The molecule has 0 spiro atoms. The topological polar surface area (TPSA) is 53.9 Å². The zero-order chi connectivity index (χ0) is 19.1. The quantitative estimate of drug-likeness (QED) is 0.521. The molecule has 1 aromatic carbocycles. The SMILES string of the molecule is CCCN(C)c1nccc(Oc2cc(C)c(N=CN(C)CC)cc2C)n1. The van der Waals surface area contributed by atoms with Crippen molar-refractivity contribution in [2.75, 3.05) is 32.1 Å². The zero-order valence-corrected chi connectivity index (χ0v) is 16.7. The van der Waals surface area contributed by atoms with E-state index in [9.17, 15) is 0 Å². The van der Waals surface area contributed by atoms with Crippen LogP contribution in [-0.2, 0) is 0 Å². The van der Waals surface area contributed by atoms with Crippen LogP contribution < -0.4 is 9.64 Å². The lowest BCUT2D eigenvalue weighted by atomic mass is 10.1. The first-order valence-corrected chi connectivity index (χ1v) is 9.02. The third-order valence-electron chi connectivity index (χ3n) is 4.12. The molecule has 0 aliphatic carbocycles. The average molecular weight is 355 g/mol. The number of nitrogens with zero attached hydrogens (tertiary/aromatic N) is 5. The Morgan fingerprint density at radius 1 is 1.15 bits per heavy atom. The van der Waals surface area contributed by atoms with Crippen molar-refractivity contribution in [1.29, 1.82) is 0 Å². The Kier molecular flexibility index (Phi) is 6.95. The summed E-state index contributed by atoms with van der Waals surface area (Å²) in [5, 5.41) is 0. The lowest BCUT2D eigenvalue weighted by Crippen LogP contribution is -2.20. The highest BCUT2D eigenvalue weighted by Crippen LogP contribution is 2.31. The van der Waals surface area contributed by atoms with E-state index in [2.05, 4.69) is 28.8 Å². The van der Waals surface area contributed by atoms with E-state index in [0.717, 1.165) is 42.1 Å². The Balaban J connectivity index is 2.21. The first-order valence-electron chi connectivity index (χ1n) is 9.02. The van der Waals surface area contributed by atoms with Gasteiger partial charge < -0.3 is 14.5 Å². The summed E-state index contributed by atoms with van der Waals surface area (Å²) >= 11 is 0. The summed E-state index contributed by atoms with van der Waals surface area (Å²) in [6.07, 6.45) is 4.62. The predicted octanol–water partition coefficient (Wildman–Crippen LogP) is 4.34. The molecule has 0 unspecified atom stereocenters. The van der Waals surface area contributed by atoms with Crippen molar-refractivity contribution in [1.82, 2.24) is 14.9 Å². The molecular formula is C20H29N5O. The summed E-state index contributed by atoms with van der Waals surface area (Å²) in [6.45, 7) is 10.1. The van der Waals surface area contributed by atoms with Gasteiger partial charge in [-0.3, -0.25) is 0 Å². The van der Waals surface area contributed by atoms with Crippen molar-refractivity contribution in [3.63, 3.8) is 0 Å². The van der Waals surface area contributed by atoms with Crippen LogP contribution in [0.4, 0.5) is 11.6 Å². The van der Waals surface area contributed by atoms with E-state index >= 15 is 0 Å². The summed E-state index contributed by atoms with van der Waals surface area (Å²) in [7, 11) is 3.99. The first-order chi connectivity index (χ1) is 12.4. The minimum Gasteiger partial charge on any atom is -0.439 e. The van der Waals surface area contributed by atoms with Crippen LogP contribution in [0.2, 0.25) is 0 Å². The largest absolute Gasteiger partial charge is 0.439 e. The minimum atomic E-state index is 0.544. The molecule has 0 N–H and O–H groups in total. The van der Waals surface area contributed by atoms with Crippen LogP contribution in [0.3, 0.4) is 0 Å². The van der Waals surface area contributed by atoms with Crippen LogP contribution in [0, 0.1) is 13.8 Å². The molecule has 0 saturated carbocycles. The summed E-state index contributed by atoms with van der Waals surface area (Å²) in [4.78, 5) is 17.4. The molecule has 0 amide bonds. The van der Waals surface area contributed by atoms with Gasteiger partial charge in [0.2, 0.25) is 11.8 Å². The molecule has 0 saturated heterocycles. The standard InChI is InChI=1S/C20H29N5O/c1-7-11-25(6)20-21-10-9-19(23-20)26-18-13-15(3)17(12-16(18)4)22-14-24(5)8-2/h9-10,12-14H,7-8,11H2,1-6H3. The van der Waals surface area contributed by atoms with Crippen LogP contribution >= 0.6 is 0 Å². The normalized spacial score (nSPS) is 11.0. The molecular weight excluding hydrogens is 326 g/mol. The number of anilines is 1. The molecule has 2 rings (SSSR count). The number of aryl methyl sites for hydroxylation is 2. The Morgan fingerprint density at radius 3 is 2.62 bits per heavy atom. The molecule has 0 aliphatic heterocycles. The molecule has 0 bridgehead atoms. The molecule has 1 aromatic heterocycles.